The number of nitrogens with zero attached hydrogens (tertiary/aromatic N) is 18. The zero-order valence-electron chi connectivity index (χ0n) is 79.0. The van der Waals surface area contributed by atoms with Gasteiger partial charge in [-0.1, -0.05) is 34.6 Å². The SMILES string of the molecule is CC(C)c1cc(-c2ccc(F)cc2)nn2cc(C(=O)N3CCN(C(=O)C4(O)CCC4)C[C@@H]3C)nc12.CC(C)c1cc(-c2ccc(F)cc2)nn2cc(C(=O)N3CCN(C(=O)C4(O)CCOCC4)CC3(C)C)nc12.CC1(C)C(=O)NCCN1C(=O)c1cn2nc(-c3ccc(F)cc3)cc(C3CCOCC3)c2n1.CC1(c2cc(-c3ccc(F)cc3)nn3cc(C(=O)N4CCNC(=O)C4(C)C)nc23)CC1. The molecule has 4 N–H and O–H groups in total. The van der Waals surface area contributed by atoms with Crippen molar-refractivity contribution in [3.05, 3.63) is 214 Å². The van der Waals surface area contributed by atoms with E-state index in [-0.39, 0.29) is 130 Å². The molecular weight excluding hydrogens is 1760 g/mol. The molecule has 8 aromatic heterocycles. The molecule has 4 aromatic carbocycles. The predicted molar refractivity (Wildman–Crippen MR) is 500 cm³/mol. The van der Waals surface area contributed by atoms with E-state index in [1.807, 2.05) is 72.7 Å². The van der Waals surface area contributed by atoms with E-state index in [0.29, 0.717) is 156 Å². The van der Waals surface area contributed by atoms with Crippen molar-refractivity contribution in [2.75, 3.05) is 91.9 Å². The summed E-state index contributed by atoms with van der Waals surface area (Å²) in [5.41, 5.74) is 8.01. The fourth-order valence-corrected chi connectivity index (χ4v) is 19.0. The van der Waals surface area contributed by atoms with E-state index in [2.05, 4.69) is 57.9 Å². The average Bonchev–Trinajstić information content (AvgIpc) is 1.57. The van der Waals surface area contributed by atoms with Crippen LogP contribution in [0.1, 0.15) is 223 Å². The van der Waals surface area contributed by atoms with Crippen LogP contribution in [-0.4, -0.2) is 271 Å². The summed E-state index contributed by atoms with van der Waals surface area (Å²) in [6.07, 6.45) is 12.7. The number of piperazine rings is 4. The van der Waals surface area contributed by atoms with Gasteiger partial charge in [-0.05, 0) is 238 Å². The number of fused-ring (bicyclic) bond motifs is 4. The van der Waals surface area contributed by atoms with E-state index in [0.717, 1.165) is 76.6 Å². The molecule has 32 nitrogen and oxygen atoms in total. The number of nitrogens with one attached hydrogen (secondary N) is 2. The van der Waals surface area contributed by atoms with Crippen molar-refractivity contribution in [3.8, 4) is 45.0 Å². The lowest BCUT2D eigenvalue weighted by atomic mass is 9.79. The quantitative estimate of drug-likeness (QED) is 0.0735. The fraction of sp³-hybridized carbons (Fsp3) is 0.446. The lowest BCUT2D eigenvalue weighted by Crippen LogP contribution is -2.65. The van der Waals surface area contributed by atoms with Crippen LogP contribution in [0, 0.1) is 23.3 Å². The second-order valence-electron chi connectivity index (χ2n) is 39.4. The van der Waals surface area contributed by atoms with Crippen molar-refractivity contribution < 1.29 is 75.6 Å². The summed E-state index contributed by atoms with van der Waals surface area (Å²) in [4.78, 5) is 133. The number of aliphatic hydroxyl groups is 2. The van der Waals surface area contributed by atoms with E-state index < -0.39 is 27.8 Å². The van der Waals surface area contributed by atoms with Crippen LogP contribution >= 0.6 is 0 Å². The van der Waals surface area contributed by atoms with Crippen LogP contribution in [0.2, 0.25) is 0 Å². The summed E-state index contributed by atoms with van der Waals surface area (Å²) in [7, 11) is 0. The molecule has 1 atom stereocenters. The smallest absolute Gasteiger partial charge is 0.275 e. The molecule has 8 amide bonds. The zero-order chi connectivity index (χ0) is 97.3. The molecular formula is C101H114F4N20O12. The van der Waals surface area contributed by atoms with Crippen molar-refractivity contribution in [1.82, 2.24) is 98.4 Å². The van der Waals surface area contributed by atoms with Crippen LogP contribution in [0.25, 0.3) is 67.6 Å². The molecule has 2 saturated carbocycles. The van der Waals surface area contributed by atoms with Gasteiger partial charge in [-0.15, -0.1) is 0 Å². The lowest BCUT2D eigenvalue weighted by molar-refractivity contribution is -0.164. The Morgan fingerprint density at radius 2 is 0.803 bits per heavy atom. The van der Waals surface area contributed by atoms with E-state index in [9.17, 15) is 66.1 Å². The minimum Gasteiger partial charge on any atom is -0.381 e. The monoisotopic (exact) mass is 1870 g/mol. The van der Waals surface area contributed by atoms with E-state index >= 15 is 0 Å². The summed E-state index contributed by atoms with van der Waals surface area (Å²) < 4.78 is 71.1. The number of carbonyl (C=O) groups is 8. The third-order valence-corrected chi connectivity index (χ3v) is 27.9. The Bertz CT molecular complexity index is 6650. The molecule has 0 unspecified atom stereocenters. The second-order valence-corrected chi connectivity index (χ2v) is 39.4. The number of ether oxygens (including phenoxy) is 2. The third-order valence-electron chi connectivity index (χ3n) is 27.9. The highest BCUT2D eigenvalue weighted by atomic mass is 19.1. The fourth-order valence-electron chi connectivity index (χ4n) is 19.0. The van der Waals surface area contributed by atoms with Gasteiger partial charge < -0.3 is 59.7 Å². The van der Waals surface area contributed by atoms with Gasteiger partial charge in [-0.2, -0.15) is 20.4 Å². The Balaban J connectivity index is 0.000000127. The number of imidazole rings is 4. The van der Waals surface area contributed by atoms with Gasteiger partial charge in [0.15, 0.2) is 22.6 Å². The normalized spacial score (nSPS) is 19.3. The molecule has 0 radical (unpaired) electrons. The molecule has 2 aliphatic carbocycles. The van der Waals surface area contributed by atoms with Crippen LogP contribution in [0.15, 0.2) is 146 Å². The van der Waals surface area contributed by atoms with Gasteiger partial charge in [0.2, 0.25) is 11.8 Å². The van der Waals surface area contributed by atoms with E-state index in [4.69, 9.17) is 9.47 Å². The highest BCUT2D eigenvalue weighted by Gasteiger charge is 2.50. The van der Waals surface area contributed by atoms with Gasteiger partial charge in [0.05, 0.1) is 53.1 Å². The number of hydrogen-bond acceptors (Lipinski definition) is 20. The Morgan fingerprint density at radius 3 is 1.22 bits per heavy atom. The maximum absolute atomic E-state index is 13.7. The van der Waals surface area contributed by atoms with Crippen LogP contribution in [0.5, 0.6) is 0 Å². The molecule has 6 aliphatic heterocycles. The third kappa shape index (κ3) is 19.2. The molecule has 12 aromatic rings. The van der Waals surface area contributed by atoms with Crippen LogP contribution in [0.4, 0.5) is 17.6 Å². The highest BCUT2D eigenvalue weighted by molar-refractivity contribution is 6.01. The second kappa shape index (κ2) is 37.6. The molecule has 0 bridgehead atoms. The van der Waals surface area contributed by atoms with Gasteiger partial charge >= 0.3 is 0 Å². The molecule has 6 saturated heterocycles. The van der Waals surface area contributed by atoms with Crippen LogP contribution in [-0.2, 0) is 34.1 Å². The first kappa shape index (κ1) is 95.4. The summed E-state index contributed by atoms with van der Waals surface area (Å²) >= 11 is 0. The maximum atomic E-state index is 13.7. The summed E-state index contributed by atoms with van der Waals surface area (Å²) in [6.45, 7) is 28.8. The Hall–Kier alpha value is -13.3. The van der Waals surface area contributed by atoms with Gasteiger partial charge in [0.1, 0.15) is 68.3 Å². The standard InChI is InChI=1S/C28H34FN5O4.C26H30FN5O3.C24H26FN5O3.C23H24FN5O2/c1-18(2)21-15-22(19-5-7-20(29)8-6-19)31-34-16-23(30-24(21)34)25(35)33-12-11-32(17-27(33,3)4)26(36)28(37)9-13-38-14-10-28;1-16(2)20-13-21(18-5-7-19(27)8-6-18)29-32-15-22(28-23(20)32)24(33)31-12-11-30(14-17(31)3)25(34)26(35)9-4-10-26;1-24(2)23(32)26-9-10-29(24)22(31)20-14-30-21(27-20)18(15-7-11-33-12-8-15)13-19(28-30)16-3-5-17(25)6-4-16;1-22(2)21(31)25-10-11-28(22)20(30)18-13-29-19(26-18)16(23(3)8-9-23)12-17(27-29)14-4-6-15(24)7-5-14/h5-8,15-16,18,37H,9-14,17H2,1-4H3;5-8,13,15-17,35H,4,9-12,14H2,1-3H3;3-6,13-15H,7-12H2,1-2H3,(H,26,32);4-7,12-13H,8-11H2,1-3H3,(H,25,31)/t;17-;;/m.0../s1. The summed E-state index contributed by atoms with van der Waals surface area (Å²) in [6, 6.07) is 32.3. The van der Waals surface area contributed by atoms with Gasteiger partial charge in [0, 0.05) is 155 Å². The maximum Gasteiger partial charge on any atom is 0.275 e. The summed E-state index contributed by atoms with van der Waals surface area (Å²) in [5, 5.41) is 45.6. The molecule has 8 aliphatic rings. The van der Waals surface area contributed by atoms with E-state index in [1.54, 1.807) is 148 Å². The molecule has 14 heterocycles. The lowest BCUT2D eigenvalue weighted by Gasteiger charge is -2.48. The largest absolute Gasteiger partial charge is 0.381 e. The van der Waals surface area contributed by atoms with Crippen LogP contribution in [0.3, 0.4) is 0 Å². The van der Waals surface area contributed by atoms with Crippen molar-refractivity contribution in [2.45, 2.75) is 198 Å². The molecule has 36 heteroatoms. The molecule has 8 fully saturated rings. The minimum atomic E-state index is -1.41. The van der Waals surface area contributed by atoms with Crippen molar-refractivity contribution >= 4 is 69.8 Å². The number of aromatic nitrogens is 12. The number of benzene rings is 4. The van der Waals surface area contributed by atoms with Gasteiger partial charge in [-0.3, -0.25) is 38.4 Å². The van der Waals surface area contributed by atoms with E-state index in [1.165, 1.54) is 48.5 Å². The first-order chi connectivity index (χ1) is 65.2. The highest BCUT2D eigenvalue weighted by Crippen LogP contribution is 2.50. The molecule has 137 heavy (non-hydrogen) atoms. The van der Waals surface area contributed by atoms with Crippen LogP contribution < -0.4 is 10.6 Å². The Labute approximate surface area is 789 Å². The number of halogens is 4. The van der Waals surface area contributed by atoms with Gasteiger partial charge in [-0.25, -0.2) is 55.6 Å². The molecule has 0 spiro atoms. The summed E-state index contributed by atoms with van der Waals surface area (Å²) in [5.74, 6) is -2.72. The number of hydrogen-bond donors (Lipinski definition) is 4. The van der Waals surface area contributed by atoms with Crippen molar-refractivity contribution in [1.29, 1.82) is 0 Å². The molecule has 718 valence electrons. The number of rotatable bonds is 14. The zero-order valence-corrected chi connectivity index (χ0v) is 79.0. The Kier molecular flexibility index (Phi) is 26.2. The molecule has 20 rings (SSSR count). The topological polar surface area (TPSA) is 360 Å². The first-order valence-electron chi connectivity index (χ1n) is 46.9. The Morgan fingerprint density at radius 1 is 0.431 bits per heavy atom. The van der Waals surface area contributed by atoms with Gasteiger partial charge in [0.25, 0.3) is 35.4 Å². The minimum absolute atomic E-state index is 0.0189. The van der Waals surface area contributed by atoms with Crippen molar-refractivity contribution in [3.63, 3.8) is 0 Å². The predicted octanol–water partition coefficient (Wildman–Crippen LogP) is 12.2. The average molecular weight is 1880 g/mol. The van der Waals surface area contributed by atoms with Crippen molar-refractivity contribution in [2.24, 2.45) is 0 Å². The number of carbonyl (C=O) groups excluding carboxylic acids is 8. The first-order valence-corrected chi connectivity index (χ1v) is 46.9. The number of amides is 8.